The zero-order valence-corrected chi connectivity index (χ0v) is 10.5. The maximum atomic E-state index is 10.6. The first-order valence-electron chi connectivity index (χ1n) is 4.72. The fraction of sp³-hybridized carbons (Fsp3) is 0.556. The molecule has 8 nitrogen and oxygen atoms in total. The summed E-state index contributed by atoms with van der Waals surface area (Å²) in [5.74, 6) is -3.95. The Kier molecular flexibility index (Phi) is 5.79. The molecular formula is C9H13NO7S. The van der Waals surface area contributed by atoms with Gasteiger partial charge in [-0.25, -0.2) is 9.59 Å². The highest BCUT2D eigenvalue weighted by Crippen LogP contribution is 2.30. The van der Waals surface area contributed by atoms with Gasteiger partial charge in [0.05, 0.1) is 0 Å². The number of carbonyl (C=O) groups is 4. The lowest BCUT2D eigenvalue weighted by Crippen LogP contribution is -2.48. The molecule has 0 aromatic carbocycles. The van der Waals surface area contributed by atoms with E-state index in [0.717, 1.165) is 18.7 Å². The molecule has 0 amide bonds. The molecule has 0 aliphatic carbocycles. The van der Waals surface area contributed by atoms with Crippen LogP contribution >= 0.6 is 11.8 Å². The number of Topliss-reactive ketones (excluding diaryl/α,β-unsaturated/α-hetero) is 1. The lowest BCUT2D eigenvalue weighted by atomic mass is 10.2. The van der Waals surface area contributed by atoms with E-state index < -0.39 is 34.6 Å². The second kappa shape index (κ2) is 6.36. The van der Waals surface area contributed by atoms with Crippen LogP contribution in [0.4, 0.5) is 0 Å². The fourth-order valence-electron chi connectivity index (χ4n) is 0.922. The van der Waals surface area contributed by atoms with Crippen molar-refractivity contribution in [3.8, 4) is 0 Å². The van der Waals surface area contributed by atoms with E-state index in [9.17, 15) is 19.2 Å². The fourth-order valence-corrected chi connectivity index (χ4v) is 2.00. The topological polar surface area (TPSA) is 141 Å². The van der Waals surface area contributed by atoms with Gasteiger partial charge in [0.1, 0.15) is 6.04 Å². The highest BCUT2D eigenvalue weighted by atomic mass is 32.2. The maximum absolute atomic E-state index is 10.6. The average Bonchev–Trinajstić information content (AvgIpc) is 2.63. The van der Waals surface area contributed by atoms with Gasteiger partial charge in [0.15, 0.2) is 4.87 Å². The Labute approximate surface area is 106 Å². The number of thioether (sulfide) groups is 1. The van der Waals surface area contributed by atoms with Gasteiger partial charge < -0.3 is 15.3 Å². The molecular weight excluding hydrogens is 266 g/mol. The Balaban J connectivity index is 0.000000411. The van der Waals surface area contributed by atoms with Crippen LogP contribution in [-0.2, 0) is 19.2 Å². The third-order valence-electron chi connectivity index (χ3n) is 2.00. The van der Waals surface area contributed by atoms with E-state index in [-0.39, 0.29) is 5.75 Å². The molecule has 0 aromatic heterocycles. The van der Waals surface area contributed by atoms with Gasteiger partial charge in [0.25, 0.3) is 0 Å². The number of hydrogen-bond donors (Lipinski definition) is 4. The van der Waals surface area contributed by atoms with E-state index in [4.69, 9.17) is 15.3 Å². The number of carboxylic acid groups (broad SMARTS) is 3. The SMILES string of the molecule is CC(=O)C(=O)O.CC1(C(=O)O)NC(C(=O)O)CS1. The molecule has 1 fully saturated rings. The standard InChI is InChI=1S/C6H9NO4S.C3H4O3/c1-6(5(10)11)7-3(2-12-6)4(8)9;1-2(4)3(5)6/h3,7H,2H2,1H3,(H,8,9)(H,10,11);1H3,(H,5,6). The van der Waals surface area contributed by atoms with Crippen molar-refractivity contribution < 1.29 is 34.5 Å². The van der Waals surface area contributed by atoms with Crippen molar-refractivity contribution >= 4 is 35.5 Å². The minimum absolute atomic E-state index is 0.290. The molecule has 0 radical (unpaired) electrons. The minimum Gasteiger partial charge on any atom is -0.480 e. The van der Waals surface area contributed by atoms with Crippen LogP contribution in [-0.4, -0.2) is 55.7 Å². The van der Waals surface area contributed by atoms with Crippen molar-refractivity contribution in [3.05, 3.63) is 0 Å². The van der Waals surface area contributed by atoms with Crippen LogP contribution < -0.4 is 5.32 Å². The molecule has 0 saturated carbocycles. The number of rotatable bonds is 3. The number of aliphatic carboxylic acids is 3. The number of ketones is 1. The van der Waals surface area contributed by atoms with Gasteiger partial charge in [-0.3, -0.25) is 14.9 Å². The van der Waals surface area contributed by atoms with Crippen molar-refractivity contribution in [2.75, 3.05) is 5.75 Å². The lowest BCUT2D eigenvalue weighted by Gasteiger charge is -2.17. The van der Waals surface area contributed by atoms with Gasteiger partial charge in [-0.1, -0.05) is 0 Å². The van der Waals surface area contributed by atoms with E-state index in [1.165, 1.54) is 6.92 Å². The summed E-state index contributed by atoms with van der Waals surface area (Å²) in [6.45, 7) is 2.46. The summed E-state index contributed by atoms with van der Waals surface area (Å²) in [6.07, 6.45) is 0. The summed E-state index contributed by atoms with van der Waals surface area (Å²) in [4.78, 5) is 38.8. The highest BCUT2D eigenvalue weighted by Gasteiger charge is 2.44. The summed E-state index contributed by atoms with van der Waals surface area (Å²) in [5, 5.41) is 27.4. The normalized spacial score (nSPS) is 25.8. The van der Waals surface area contributed by atoms with Crippen molar-refractivity contribution in [2.24, 2.45) is 0 Å². The Hall–Kier alpha value is -1.61. The van der Waals surface area contributed by atoms with E-state index in [0.29, 0.717) is 0 Å². The Bertz CT molecular complexity index is 371. The zero-order chi connectivity index (χ0) is 14.5. The molecule has 102 valence electrons. The molecule has 0 aromatic rings. The predicted octanol–water partition coefficient (Wildman–Crippen LogP) is -0.763. The molecule has 0 bridgehead atoms. The van der Waals surface area contributed by atoms with Crippen LogP contribution in [0.15, 0.2) is 0 Å². The number of hydrogen-bond acceptors (Lipinski definition) is 6. The van der Waals surface area contributed by atoms with E-state index in [1.807, 2.05) is 0 Å². The largest absolute Gasteiger partial charge is 0.480 e. The van der Waals surface area contributed by atoms with Crippen LogP contribution in [0, 0.1) is 0 Å². The van der Waals surface area contributed by atoms with Gasteiger partial charge in [0, 0.05) is 12.7 Å². The Morgan fingerprint density at radius 3 is 1.83 bits per heavy atom. The number of carbonyl (C=O) groups excluding carboxylic acids is 1. The molecule has 2 atom stereocenters. The molecule has 1 heterocycles. The third-order valence-corrected chi connectivity index (χ3v) is 3.37. The summed E-state index contributed by atoms with van der Waals surface area (Å²) >= 11 is 1.10. The zero-order valence-electron chi connectivity index (χ0n) is 9.67. The molecule has 1 saturated heterocycles. The van der Waals surface area contributed by atoms with Crippen LogP contribution in [0.2, 0.25) is 0 Å². The van der Waals surface area contributed by atoms with Crippen molar-refractivity contribution in [1.29, 1.82) is 0 Å². The van der Waals surface area contributed by atoms with Gasteiger partial charge in [-0.15, -0.1) is 11.8 Å². The van der Waals surface area contributed by atoms with Gasteiger partial charge in [-0.2, -0.15) is 0 Å². The van der Waals surface area contributed by atoms with Gasteiger partial charge in [-0.05, 0) is 6.92 Å². The van der Waals surface area contributed by atoms with Crippen LogP contribution in [0.1, 0.15) is 13.8 Å². The molecule has 1 aliphatic rings. The summed E-state index contributed by atoms with van der Waals surface area (Å²) in [6, 6.07) is -0.754. The third kappa shape index (κ3) is 4.72. The quantitative estimate of drug-likeness (QED) is 0.490. The van der Waals surface area contributed by atoms with Crippen LogP contribution in [0.25, 0.3) is 0 Å². The molecule has 2 unspecified atom stereocenters. The van der Waals surface area contributed by atoms with Gasteiger partial charge >= 0.3 is 17.9 Å². The minimum atomic E-state index is -1.38. The van der Waals surface area contributed by atoms with E-state index in [1.54, 1.807) is 0 Å². The smallest absolute Gasteiger partial charge is 0.371 e. The number of carboxylic acids is 3. The second-order valence-corrected chi connectivity index (χ2v) is 4.98. The van der Waals surface area contributed by atoms with Crippen molar-refractivity contribution in [2.45, 2.75) is 24.8 Å². The Morgan fingerprint density at radius 1 is 1.22 bits per heavy atom. The maximum Gasteiger partial charge on any atom is 0.371 e. The van der Waals surface area contributed by atoms with Crippen LogP contribution in [0.3, 0.4) is 0 Å². The van der Waals surface area contributed by atoms with Crippen molar-refractivity contribution in [1.82, 2.24) is 5.32 Å². The summed E-state index contributed by atoms with van der Waals surface area (Å²) in [5.41, 5.74) is 0. The second-order valence-electron chi connectivity index (χ2n) is 3.55. The first-order chi connectivity index (χ1) is 8.10. The molecule has 1 rings (SSSR count). The summed E-state index contributed by atoms with van der Waals surface area (Å²) in [7, 11) is 0. The van der Waals surface area contributed by atoms with Crippen LogP contribution in [0.5, 0.6) is 0 Å². The number of nitrogens with one attached hydrogen (secondary N) is 1. The van der Waals surface area contributed by atoms with E-state index >= 15 is 0 Å². The molecule has 9 heteroatoms. The van der Waals surface area contributed by atoms with Crippen molar-refractivity contribution in [3.63, 3.8) is 0 Å². The molecule has 4 N–H and O–H groups in total. The summed E-state index contributed by atoms with van der Waals surface area (Å²) < 4.78 is 0. The van der Waals surface area contributed by atoms with E-state index in [2.05, 4.69) is 5.32 Å². The first-order valence-corrected chi connectivity index (χ1v) is 5.70. The monoisotopic (exact) mass is 279 g/mol. The Morgan fingerprint density at radius 2 is 1.67 bits per heavy atom. The molecule has 0 spiro atoms. The predicted molar refractivity (Wildman–Crippen MR) is 61.4 cm³/mol. The lowest BCUT2D eigenvalue weighted by molar-refractivity contribution is -0.148. The average molecular weight is 279 g/mol. The first kappa shape index (κ1) is 16.4. The molecule has 1 aliphatic heterocycles. The highest BCUT2D eigenvalue weighted by molar-refractivity contribution is 8.01. The van der Waals surface area contributed by atoms with Gasteiger partial charge in [0.2, 0.25) is 5.78 Å². The molecule has 18 heavy (non-hydrogen) atoms.